The van der Waals surface area contributed by atoms with Crippen LogP contribution in [0.1, 0.15) is 6.92 Å². The zero-order valence-corrected chi connectivity index (χ0v) is 14.4. The van der Waals surface area contributed by atoms with Gasteiger partial charge in [0.1, 0.15) is 5.82 Å². The molecule has 1 saturated heterocycles. The number of ether oxygens (including phenoxy) is 1. The zero-order valence-electron chi connectivity index (χ0n) is 14.4. The summed E-state index contributed by atoms with van der Waals surface area (Å²) in [4.78, 5) is 10.5. The monoisotopic (exact) mass is 349 g/mol. The SMILES string of the molecule is C[C@@H]1COCCN1c1cc(-c2ccn[nH]2)n2ncc(-c3ccc[nH]3)c2n1. The second-order valence-electron chi connectivity index (χ2n) is 6.46. The molecule has 8 heteroatoms. The Kier molecular flexibility index (Phi) is 3.49. The maximum Gasteiger partial charge on any atom is 0.167 e. The van der Waals surface area contributed by atoms with Crippen LogP contribution in [0.5, 0.6) is 0 Å². The van der Waals surface area contributed by atoms with Gasteiger partial charge in [-0.2, -0.15) is 10.2 Å². The van der Waals surface area contributed by atoms with Gasteiger partial charge in [-0.3, -0.25) is 5.10 Å². The zero-order chi connectivity index (χ0) is 17.5. The molecule has 0 aromatic carbocycles. The lowest BCUT2D eigenvalue weighted by Gasteiger charge is -2.34. The molecule has 5 heterocycles. The topological polar surface area (TPSA) is 87.1 Å². The molecule has 132 valence electrons. The lowest BCUT2D eigenvalue weighted by molar-refractivity contribution is 0.0985. The van der Waals surface area contributed by atoms with Crippen molar-refractivity contribution < 1.29 is 4.74 Å². The van der Waals surface area contributed by atoms with Gasteiger partial charge in [0.25, 0.3) is 0 Å². The number of anilines is 1. The summed E-state index contributed by atoms with van der Waals surface area (Å²) in [6.45, 7) is 4.39. The standard InChI is InChI=1S/C18H19N7O/c1-12-11-26-8-7-24(12)17-9-16(15-4-6-20-23-15)25-18(22-17)13(10-21-25)14-3-2-5-19-14/h2-6,9-10,12,19H,7-8,11H2,1H3,(H,20,23)/t12-/m1/s1. The Balaban J connectivity index is 1.74. The molecule has 1 aliphatic rings. The van der Waals surface area contributed by atoms with E-state index >= 15 is 0 Å². The highest BCUT2D eigenvalue weighted by Crippen LogP contribution is 2.30. The molecule has 4 aromatic rings. The number of aromatic nitrogens is 6. The summed E-state index contributed by atoms with van der Waals surface area (Å²) < 4.78 is 7.44. The molecule has 0 unspecified atom stereocenters. The molecular formula is C18H19N7O. The minimum atomic E-state index is 0.269. The predicted octanol–water partition coefficient (Wildman–Crippen LogP) is 2.34. The summed E-state index contributed by atoms with van der Waals surface area (Å²) in [6.07, 6.45) is 5.50. The van der Waals surface area contributed by atoms with Crippen LogP contribution >= 0.6 is 0 Å². The molecule has 1 atom stereocenters. The van der Waals surface area contributed by atoms with Crippen molar-refractivity contribution in [2.24, 2.45) is 0 Å². The van der Waals surface area contributed by atoms with Crippen LogP contribution in [0.15, 0.2) is 42.9 Å². The van der Waals surface area contributed by atoms with E-state index in [0.717, 1.165) is 40.7 Å². The first-order valence-electron chi connectivity index (χ1n) is 8.68. The number of morpholine rings is 1. The molecular weight excluding hydrogens is 330 g/mol. The molecule has 0 amide bonds. The summed E-state index contributed by atoms with van der Waals surface area (Å²) in [5.74, 6) is 0.922. The molecule has 0 bridgehead atoms. The van der Waals surface area contributed by atoms with Crippen LogP contribution in [-0.4, -0.2) is 55.6 Å². The van der Waals surface area contributed by atoms with E-state index in [-0.39, 0.29) is 6.04 Å². The number of hydrogen-bond donors (Lipinski definition) is 2. The fraction of sp³-hybridized carbons (Fsp3) is 0.278. The smallest absolute Gasteiger partial charge is 0.167 e. The van der Waals surface area contributed by atoms with Crippen molar-refractivity contribution in [1.82, 2.24) is 29.8 Å². The first kappa shape index (κ1) is 15.2. The van der Waals surface area contributed by atoms with Crippen molar-refractivity contribution in [3.63, 3.8) is 0 Å². The maximum absolute atomic E-state index is 5.58. The number of fused-ring (bicyclic) bond motifs is 1. The summed E-state index contributed by atoms with van der Waals surface area (Å²) in [6, 6.07) is 8.27. The number of aromatic amines is 2. The highest BCUT2D eigenvalue weighted by atomic mass is 16.5. The van der Waals surface area contributed by atoms with Gasteiger partial charge in [0.15, 0.2) is 5.65 Å². The van der Waals surface area contributed by atoms with Gasteiger partial charge in [0.2, 0.25) is 0 Å². The molecule has 1 fully saturated rings. The lowest BCUT2D eigenvalue weighted by Crippen LogP contribution is -2.44. The number of hydrogen-bond acceptors (Lipinski definition) is 5. The fourth-order valence-electron chi connectivity index (χ4n) is 3.44. The minimum Gasteiger partial charge on any atom is -0.377 e. The number of H-pyrrole nitrogens is 2. The summed E-state index contributed by atoms with van der Waals surface area (Å²) in [5.41, 5.74) is 4.61. The van der Waals surface area contributed by atoms with Gasteiger partial charge in [0.05, 0.1) is 48.1 Å². The summed E-state index contributed by atoms with van der Waals surface area (Å²) in [7, 11) is 0. The minimum absolute atomic E-state index is 0.269. The Morgan fingerprint density at radius 2 is 2.23 bits per heavy atom. The molecule has 5 rings (SSSR count). The van der Waals surface area contributed by atoms with Crippen LogP contribution in [0, 0.1) is 0 Å². The van der Waals surface area contributed by atoms with Crippen LogP contribution in [0.4, 0.5) is 5.82 Å². The number of nitrogens with zero attached hydrogens (tertiary/aromatic N) is 5. The van der Waals surface area contributed by atoms with Crippen molar-refractivity contribution in [2.45, 2.75) is 13.0 Å². The van der Waals surface area contributed by atoms with Crippen LogP contribution in [0.25, 0.3) is 28.3 Å². The molecule has 4 aromatic heterocycles. The maximum atomic E-state index is 5.58. The Bertz CT molecular complexity index is 1020. The lowest BCUT2D eigenvalue weighted by atomic mass is 10.2. The van der Waals surface area contributed by atoms with E-state index < -0.39 is 0 Å². The number of rotatable bonds is 3. The van der Waals surface area contributed by atoms with Crippen LogP contribution in [0.3, 0.4) is 0 Å². The summed E-state index contributed by atoms with van der Waals surface area (Å²) >= 11 is 0. The molecule has 26 heavy (non-hydrogen) atoms. The van der Waals surface area contributed by atoms with Gasteiger partial charge >= 0.3 is 0 Å². The van der Waals surface area contributed by atoms with Crippen LogP contribution < -0.4 is 4.90 Å². The molecule has 0 spiro atoms. The van der Waals surface area contributed by atoms with Gasteiger partial charge in [-0.05, 0) is 25.1 Å². The average molecular weight is 349 g/mol. The third-order valence-electron chi connectivity index (χ3n) is 4.79. The highest BCUT2D eigenvalue weighted by molar-refractivity contribution is 5.78. The van der Waals surface area contributed by atoms with Gasteiger partial charge in [0, 0.05) is 25.0 Å². The van der Waals surface area contributed by atoms with Crippen molar-refractivity contribution >= 4 is 11.5 Å². The predicted molar refractivity (Wildman–Crippen MR) is 98.0 cm³/mol. The molecule has 0 saturated carbocycles. The van der Waals surface area contributed by atoms with E-state index in [1.54, 1.807) is 6.20 Å². The van der Waals surface area contributed by atoms with Gasteiger partial charge in [-0.25, -0.2) is 9.50 Å². The molecule has 8 nitrogen and oxygen atoms in total. The summed E-state index contributed by atoms with van der Waals surface area (Å²) in [5, 5.41) is 11.7. The van der Waals surface area contributed by atoms with Crippen molar-refractivity contribution in [1.29, 1.82) is 0 Å². The largest absolute Gasteiger partial charge is 0.377 e. The highest BCUT2D eigenvalue weighted by Gasteiger charge is 2.23. The Morgan fingerprint density at radius 3 is 3.00 bits per heavy atom. The number of nitrogens with one attached hydrogen (secondary N) is 2. The van der Waals surface area contributed by atoms with Crippen LogP contribution in [-0.2, 0) is 4.74 Å². The van der Waals surface area contributed by atoms with E-state index in [9.17, 15) is 0 Å². The molecule has 1 aliphatic heterocycles. The Hall–Kier alpha value is -3.13. The average Bonchev–Trinajstić information content (AvgIpc) is 3.41. The molecule has 0 aliphatic carbocycles. The third-order valence-corrected chi connectivity index (χ3v) is 4.79. The van der Waals surface area contributed by atoms with E-state index in [1.165, 1.54) is 0 Å². The third kappa shape index (κ3) is 2.38. The molecule has 2 N–H and O–H groups in total. The van der Waals surface area contributed by atoms with Gasteiger partial charge in [-0.1, -0.05) is 0 Å². The Labute approximate surface area is 149 Å². The second-order valence-corrected chi connectivity index (χ2v) is 6.46. The second kappa shape index (κ2) is 5.99. The normalized spacial score (nSPS) is 17.9. The fourth-order valence-corrected chi connectivity index (χ4v) is 3.44. The van der Waals surface area contributed by atoms with Gasteiger partial charge in [-0.15, -0.1) is 0 Å². The quantitative estimate of drug-likeness (QED) is 0.593. The first-order chi connectivity index (χ1) is 12.8. The van der Waals surface area contributed by atoms with Crippen LogP contribution in [0.2, 0.25) is 0 Å². The van der Waals surface area contributed by atoms with E-state index in [4.69, 9.17) is 9.72 Å². The van der Waals surface area contributed by atoms with E-state index in [0.29, 0.717) is 13.2 Å². The van der Waals surface area contributed by atoms with Gasteiger partial charge < -0.3 is 14.6 Å². The van der Waals surface area contributed by atoms with Crippen molar-refractivity contribution in [2.75, 3.05) is 24.7 Å². The van der Waals surface area contributed by atoms with E-state index in [1.807, 2.05) is 35.1 Å². The van der Waals surface area contributed by atoms with Crippen molar-refractivity contribution in [3.8, 4) is 22.6 Å². The van der Waals surface area contributed by atoms with Crippen molar-refractivity contribution in [3.05, 3.63) is 42.9 Å². The Morgan fingerprint density at radius 1 is 1.27 bits per heavy atom. The molecule has 0 radical (unpaired) electrons. The first-order valence-corrected chi connectivity index (χ1v) is 8.68. The van der Waals surface area contributed by atoms with E-state index in [2.05, 4.69) is 38.2 Å².